The summed E-state index contributed by atoms with van der Waals surface area (Å²) in [5.74, 6) is -1.71. The van der Waals surface area contributed by atoms with Crippen molar-refractivity contribution in [1.82, 2.24) is 14.8 Å². The molecule has 0 atom stereocenters. The molecule has 0 saturated carbocycles. The van der Waals surface area contributed by atoms with Crippen molar-refractivity contribution >= 4 is 34.3 Å². The van der Waals surface area contributed by atoms with Gasteiger partial charge in [0.15, 0.2) is 0 Å². The predicted octanol–water partition coefficient (Wildman–Crippen LogP) is 3.90. The standard InChI is InChI=1S/C22H17N5O5/c1-12-10-14(7-8-15(12)22(29)30)26-18-5-3-4-16(17(18)11-23-26)21(28)25-20-19(27(31)32)9-6-13(2)24-20/h3-11H,1-2H3,(H,29,30)(H,24,25,28). The smallest absolute Gasteiger partial charge is 0.335 e. The molecular formula is C22H17N5O5. The number of amides is 1. The number of hydrogen-bond acceptors (Lipinski definition) is 6. The molecule has 0 bridgehead atoms. The van der Waals surface area contributed by atoms with Crippen LogP contribution in [0.4, 0.5) is 11.5 Å². The third-order valence-corrected chi connectivity index (χ3v) is 4.99. The van der Waals surface area contributed by atoms with Gasteiger partial charge in [0.1, 0.15) is 0 Å². The Labute approximate surface area is 181 Å². The highest BCUT2D eigenvalue weighted by atomic mass is 16.6. The van der Waals surface area contributed by atoms with Crippen molar-refractivity contribution < 1.29 is 19.6 Å². The molecule has 0 unspecified atom stereocenters. The van der Waals surface area contributed by atoms with Crippen molar-refractivity contribution in [2.75, 3.05) is 5.32 Å². The summed E-state index contributed by atoms with van der Waals surface area (Å²) in [5, 5.41) is 27.9. The van der Waals surface area contributed by atoms with Crippen molar-refractivity contribution in [1.29, 1.82) is 0 Å². The summed E-state index contributed by atoms with van der Waals surface area (Å²) in [5.41, 5.74) is 2.51. The van der Waals surface area contributed by atoms with E-state index in [1.807, 2.05) is 0 Å². The molecule has 0 aliphatic carbocycles. The molecule has 0 radical (unpaired) electrons. The van der Waals surface area contributed by atoms with Gasteiger partial charge in [-0.15, -0.1) is 0 Å². The second-order valence-electron chi connectivity index (χ2n) is 7.13. The van der Waals surface area contributed by atoms with E-state index in [1.54, 1.807) is 48.9 Å². The number of nitrogens with one attached hydrogen (secondary N) is 1. The number of aryl methyl sites for hydroxylation is 2. The fourth-order valence-corrected chi connectivity index (χ4v) is 3.44. The Hall–Kier alpha value is -4.60. The van der Waals surface area contributed by atoms with E-state index in [1.165, 1.54) is 24.4 Å². The molecule has 0 aliphatic heterocycles. The first kappa shape index (κ1) is 20.7. The van der Waals surface area contributed by atoms with Crippen LogP contribution in [0.1, 0.15) is 32.0 Å². The van der Waals surface area contributed by atoms with Crippen LogP contribution in [0.15, 0.2) is 54.7 Å². The largest absolute Gasteiger partial charge is 0.478 e. The summed E-state index contributed by atoms with van der Waals surface area (Å²) in [4.78, 5) is 39.0. The van der Waals surface area contributed by atoms with E-state index in [-0.39, 0.29) is 22.6 Å². The number of aromatic nitrogens is 3. The van der Waals surface area contributed by atoms with Crippen LogP contribution in [0, 0.1) is 24.0 Å². The third kappa shape index (κ3) is 3.65. The van der Waals surface area contributed by atoms with Gasteiger partial charge < -0.3 is 10.4 Å². The molecule has 4 aromatic rings. The number of rotatable bonds is 5. The Bertz CT molecular complexity index is 1410. The number of carboxylic acid groups (broad SMARTS) is 1. The number of aromatic carboxylic acids is 1. The number of fused-ring (bicyclic) bond motifs is 1. The predicted molar refractivity (Wildman–Crippen MR) is 116 cm³/mol. The van der Waals surface area contributed by atoms with Gasteiger partial charge >= 0.3 is 11.7 Å². The zero-order valence-corrected chi connectivity index (χ0v) is 17.1. The summed E-state index contributed by atoms with van der Waals surface area (Å²) in [7, 11) is 0. The summed E-state index contributed by atoms with van der Waals surface area (Å²) >= 11 is 0. The molecule has 0 spiro atoms. The van der Waals surface area contributed by atoms with Crippen molar-refractivity contribution in [3.63, 3.8) is 0 Å². The molecule has 1 amide bonds. The molecule has 0 fully saturated rings. The second-order valence-corrected chi connectivity index (χ2v) is 7.13. The van der Waals surface area contributed by atoms with E-state index in [0.29, 0.717) is 27.8 Å². The molecular weight excluding hydrogens is 414 g/mol. The SMILES string of the molecule is Cc1ccc([N+](=O)[O-])c(NC(=O)c2cccc3c2cnn3-c2ccc(C(=O)O)c(C)c2)n1. The first-order valence-corrected chi connectivity index (χ1v) is 9.50. The zero-order valence-electron chi connectivity index (χ0n) is 17.1. The van der Waals surface area contributed by atoms with E-state index in [2.05, 4.69) is 15.4 Å². The Morgan fingerprint density at radius 3 is 2.56 bits per heavy atom. The number of nitrogens with zero attached hydrogens (tertiary/aromatic N) is 4. The molecule has 160 valence electrons. The maximum atomic E-state index is 13.0. The lowest BCUT2D eigenvalue weighted by atomic mass is 10.1. The molecule has 10 nitrogen and oxygen atoms in total. The Kier molecular flexibility index (Phi) is 5.11. The molecule has 10 heteroatoms. The number of hydrogen-bond donors (Lipinski definition) is 2. The lowest BCUT2D eigenvalue weighted by Crippen LogP contribution is -2.15. The van der Waals surface area contributed by atoms with Gasteiger partial charge in [0.05, 0.1) is 33.5 Å². The van der Waals surface area contributed by atoms with Crippen LogP contribution in [0.5, 0.6) is 0 Å². The quantitative estimate of drug-likeness (QED) is 0.361. The van der Waals surface area contributed by atoms with Gasteiger partial charge in [-0.05, 0) is 55.8 Å². The van der Waals surface area contributed by atoms with Crippen LogP contribution < -0.4 is 5.32 Å². The van der Waals surface area contributed by atoms with Crippen molar-refractivity contribution in [3.05, 3.63) is 87.2 Å². The van der Waals surface area contributed by atoms with Gasteiger partial charge in [-0.2, -0.15) is 5.10 Å². The van der Waals surface area contributed by atoms with Crippen LogP contribution in [0.25, 0.3) is 16.6 Å². The fraction of sp³-hybridized carbons (Fsp3) is 0.0909. The van der Waals surface area contributed by atoms with Crippen LogP contribution in [0.2, 0.25) is 0 Å². The Morgan fingerprint density at radius 1 is 1.09 bits per heavy atom. The van der Waals surface area contributed by atoms with E-state index >= 15 is 0 Å². The lowest BCUT2D eigenvalue weighted by molar-refractivity contribution is -0.384. The molecule has 32 heavy (non-hydrogen) atoms. The maximum Gasteiger partial charge on any atom is 0.335 e. The summed E-state index contributed by atoms with van der Waals surface area (Å²) in [6.07, 6.45) is 1.52. The maximum absolute atomic E-state index is 13.0. The number of carbonyl (C=O) groups excluding carboxylic acids is 1. The number of anilines is 1. The second kappa shape index (κ2) is 7.91. The minimum absolute atomic E-state index is 0.135. The Balaban J connectivity index is 1.74. The highest BCUT2D eigenvalue weighted by molar-refractivity contribution is 6.12. The highest BCUT2D eigenvalue weighted by Gasteiger charge is 2.21. The lowest BCUT2D eigenvalue weighted by Gasteiger charge is -2.09. The van der Waals surface area contributed by atoms with Crippen LogP contribution >= 0.6 is 0 Å². The molecule has 2 N–H and O–H groups in total. The summed E-state index contributed by atoms with van der Waals surface area (Å²) in [6, 6.07) is 12.6. The molecule has 4 rings (SSSR count). The third-order valence-electron chi connectivity index (χ3n) is 4.99. The topological polar surface area (TPSA) is 140 Å². The normalized spacial score (nSPS) is 10.8. The number of carbonyl (C=O) groups is 2. The van der Waals surface area contributed by atoms with Crippen molar-refractivity contribution in [2.24, 2.45) is 0 Å². The van der Waals surface area contributed by atoms with Crippen molar-refractivity contribution in [2.45, 2.75) is 13.8 Å². The zero-order chi connectivity index (χ0) is 23.0. The van der Waals surface area contributed by atoms with Gasteiger partial charge in [-0.3, -0.25) is 14.9 Å². The van der Waals surface area contributed by atoms with Crippen LogP contribution in [0.3, 0.4) is 0 Å². The number of nitro groups is 1. The average Bonchev–Trinajstić information content (AvgIpc) is 3.17. The van der Waals surface area contributed by atoms with E-state index < -0.39 is 16.8 Å². The molecule has 2 aromatic carbocycles. The number of benzene rings is 2. The van der Waals surface area contributed by atoms with Crippen molar-refractivity contribution in [3.8, 4) is 5.69 Å². The highest BCUT2D eigenvalue weighted by Crippen LogP contribution is 2.26. The van der Waals surface area contributed by atoms with Gasteiger partial charge in [-0.1, -0.05) is 6.07 Å². The molecule has 0 saturated heterocycles. The average molecular weight is 431 g/mol. The number of carboxylic acids is 1. The van der Waals surface area contributed by atoms with Gasteiger partial charge in [0.2, 0.25) is 5.82 Å². The van der Waals surface area contributed by atoms with Gasteiger partial charge in [0.25, 0.3) is 5.91 Å². The summed E-state index contributed by atoms with van der Waals surface area (Å²) in [6.45, 7) is 3.36. The van der Waals surface area contributed by atoms with E-state index in [0.717, 1.165) is 0 Å². The fourth-order valence-electron chi connectivity index (χ4n) is 3.44. The summed E-state index contributed by atoms with van der Waals surface area (Å²) < 4.78 is 1.60. The minimum atomic E-state index is -1.02. The minimum Gasteiger partial charge on any atom is -0.478 e. The molecule has 2 aromatic heterocycles. The van der Waals surface area contributed by atoms with E-state index in [4.69, 9.17) is 0 Å². The number of pyridine rings is 1. The van der Waals surface area contributed by atoms with Crippen LogP contribution in [-0.4, -0.2) is 36.7 Å². The monoisotopic (exact) mass is 431 g/mol. The van der Waals surface area contributed by atoms with Crippen LogP contribution in [-0.2, 0) is 0 Å². The first-order chi connectivity index (χ1) is 15.3. The van der Waals surface area contributed by atoms with Gasteiger partial charge in [0, 0.05) is 17.1 Å². The first-order valence-electron chi connectivity index (χ1n) is 9.50. The van der Waals surface area contributed by atoms with Gasteiger partial charge in [-0.25, -0.2) is 14.5 Å². The molecule has 0 aliphatic rings. The van der Waals surface area contributed by atoms with E-state index in [9.17, 15) is 24.8 Å². The molecule has 2 heterocycles. The Morgan fingerprint density at radius 2 is 1.88 bits per heavy atom.